The van der Waals surface area contributed by atoms with Crippen molar-refractivity contribution in [3.8, 4) is 0 Å². The van der Waals surface area contributed by atoms with E-state index in [9.17, 15) is 14.7 Å². The maximum atomic E-state index is 12.8. The maximum absolute atomic E-state index is 12.8. The quantitative estimate of drug-likeness (QED) is 0.804. The number of carbonyl (C=O) groups excluding carboxylic acids is 1. The van der Waals surface area contributed by atoms with Crippen molar-refractivity contribution in [1.82, 2.24) is 10.2 Å². The van der Waals surface area contributed by atoms with Crippen LogP contribution in [0.3, 0.4) is 0 Å². The molecule has 19 heavy (non-hydrogen) atoms. The standard InChI is InChI=1S/C14H24N2O3/c1-2-6-14(7-4-8-15-10-14)13(19)16-9-3-5-11(16)12(17)18/h11,15H,2-10H2,1H3,(H,17,18). The molecule has 1 amide bonds. The molecular weight excluding hydrogens is 244 g/mol. The van der Waals surface area contributed by atoms with Crippen LogP contribution in [0.15, 0.2) is 0 Å². The van der Waals surface area contributed by atoms with Gasteiger partial charge in [0.2, 0.25) is 5.91 Å². The van der Waals surface area contributed by atoms with E-state index in [0.29, 0.717) is 19.5 Å². The molecule has 2 N–H and O–H groups in total. The Morgan fingerprint density at radius 1 is 1.42 bits per heavy atom. The molecule has 2 aliphatic heterocycles. The molecule has 0 radical (unpaired) electrons. The first-order valence-electron chi connectivity index (χ1n) is 7.35. The van der Waals surface area contributed by atoms with Gasteiger partial charge in [-0.25, -0.2) is 4.79 Å². The van der Waals surface area contributed by atoms with Gasteiger partial charge >= 0.3 is 5.97 Å². The van der Waals surface area contributed by atoms with Gasteiger partial charge in [-0.1, -0.05) is 13.3 Å². The molecule has 2 heterocycles. The van der Waals surface area contributed by atoms with Gasteiger partial charge in [0.05, 0.1) is 5.41 Å². The number of carbonyl (C=O) groups is 2. The number of piperidine rings is 1. The second-order valence-corrected chi connectivity index (χ2v) is 5.81. The number of rotatable bonds is 4. The highest BCUT2D eigenvalue weighted by Crippen LogP contribution is 2.36. The van der Waals surface area contributed by atoms with Gasteiger partial charge < -0.3 is 15.3 Å². The summed E-state index contributed by atoms with van der Waals surface area (Å²) in [5.74, 6) is -0.798. The predicted molar refractivity (Wildman–Crippen MR) is 71.8 cm³/mol. The Morgan fingerprint density at radius 3 is 2.79 bits per heavy atom. The Balaban J connectivity index is 2.16. The van der Waals surface area contributed by atoms with Crippen LogP contribution in [-0.2, 0) is 9.59 Å². The third-order valence-electron chi connectivity index (χ3n) is 4.45. The lowest BCUT2D eigenvalue weighted by atomic mass is 9.75. The Bertz CT molecular complexity index is 345. The van der Waals surface area contributed by atoms with E-state index in [4.69, 9.17) is 0 Å². The number of aliphatic carboxylic acids is 1. The van der Waals surface area contributed by atoms with Crippen molar-refractivity contribution in [2.24, 2.45) is 5.41 Å². The molecular formula is C14H24N2O3. The number of nitrogens with one attached hydrogen (secondary N) is 1. The van der Waals surface area contributed by atoms with Crippen LogP contribution in [-0.4, -0.2) is 47.6 Å². The molecule has 2 atom stereocenters. The van der Waals surface area contributed by atoms with E-state index < -0.39 is 12.0 Å². The number of hydrogen-bond donors (Lipinski definition) is 2. The Hall–Kier alpha value is -1.10. The average molecular weight is 268 g/mol. The summed E-state index contributed by atoms with van der Waals surface area (Å²) in [7, 11) is 0. The fourth-order valence-electron chi connectivity index (χ4n) is 3.52. The molecule has 5 nitrogen and oxygen atoms in total. The molecule has 2 aliphatic rings. The van der Waals surface area contributed by atoms with Crippen molar-refractivity contribution in [2.75, 3.05) is 19.6 Å². The molecule has 0 aromatic carbocycles. The van der Waals surface area contributed by atoms with Crippen LogP contribution < -0.4 is 5.32 Å². The number of carboxylic acids is 1. The summed E-state index contributed by atoms with van der Waals surface area (Å²) in [4.78, 5) is 25.7. The van der Waals surface area contributed by atoms with Gasteiger partial charge in [0.15, 0.2) is 0 Å². The summed E-state index contributed by atoms with van der Waals surface area (Å²) in [5, 5.41) is 12.5. The highest BCUT2D eigenvalue weighted by molar-refractivity contribution is 5.88. The fraction of sp³-hybridized carbons (Fsp3) is 0.857. The van der Waals surface area contributed by atoms with Crippen LogP contribution in [0.1, 0.15) is 45.4 Å². The Morgan fingerprint density at radius 2 is 2.21 bits per heavy atom. The van der Waals surface area contributed by atoms with E-state index >= 15 is 0 Å². The first-order chi connectivity index (χ1) is 9.10. The molecule has 108 valence electrons. The normalized spacial score (nSPS) is 31.4. The highest BCUT2D eigenvalue weighted by Gasteiger charge is 2.45. The van der Waals surface area contributed by atoms with Crippen molar-refractivity contribution >= 4 is 11.9 Å². The fourth-order valence-corrected chi connectivity index (χ4v) is 3.52. The Kier molecular flexibility index (Phi) is 4.45. The van der Waals surface area contributed by atoms with Gasteiger partial charge in [0.1, 0.15) is 6.04 Å². The van der Waals surface area contributed by atoms with Gasteiger partial charge in [0.25, 0.3) is 0 Å². The zero-order valence-corrected chi connectivity index (χ0v) is 11.7. The molecule has 0 saturated carbocycles. The van der Waals surface area contributed by atoms with Crippen LogP contribution in [0, 0.1) is 5.41 Å². The zero-order valence-electron chi connectivity index (χ0n) is 11.7. The summed E-state index contributed by atoms with van der Waals surface area (Å²) in [5.41, 5.74) is -0.370. The summed E-state index contributed by atoms with van der Waals surface area (Å²) in [6.45, 7) is 4.34. The molecule has 0 bridgehead atoms. The molecule has 2 saturated heterocycles. The second kappa shape index (κ2) is 5.90. The van der Waals surface area contributed by atoms with E-state index in [1.54, 1.807) is 4.90 Å². The number of amides is 1. The van der Waals surface area contributed by atoms with E-state index in [0.717, 1.165) is 38.6 Å². The van der Waals surface area contributed by atoms with Gasteiger partial charge in [-0.3, -0.25) is 4.79 Å². The summed E-state index contributed by atoms with van der Waals surface area (Å²) in [6, 6.07) is -0.608. The largest absolute Gasteiger partial charge is 0.480 e. The minimum Gasteiger partial charge on any atom is -0.480 e. The summed E-state index contributed by atoms with van der Waals surface area (Å²) >= 11 is 0. The Labute approximate surface area is 114 Å². The summed E-state index contributed by atoms with van der Waals surface area (Å²) < 4.78 is 0. The van der Waals surface area contributed by atoms with Crippen LogP contribution in [0.4, 0.5) is 0 Å². The molecule has 2 rings (SSSR count). The lowest BCUT2D eigenvalue weighted by Crippen LogP contribution is -2.54. The monoisotopic (exact) mass is 268 g/mol. The third-order valence-corrected chi connectivity index (χ3v) is 4.45. The lowest BCUT2D eigenvalue weighted by Gasteiger charge is -2.40. The summed E-state index contributed by atoms with van der Waals surface area (Å²) in [6.07, 6.45) is 5.09. The second-order valence-electron chi connectivity index (χ2n) is 5.81. The maximum Gasteiger partial charge on any atom is 0.326 e. The van der Waals surface area contributed by atoms with Crippen LogP contribution in [0.2, 0.25) is 0 Å². The minimum atomic E-state index is -0.860. The molecule has 2 unspecified atom stereocenters. The van der Waals surface area contributed by atoms with E-state index in [-0.39, 0.29) is 11.3 Å². The number of nitrogens with zero attached hydrogens (tertiary/aromatic N) is 1. The third kappa shape index (κ3) is 2.76. The van der Waals surface area contributed by atoms with Crippen LogP contribution in [0.25, 0.3) is 0 Å². The van der Waals surface area contributed by atoms with Crippen molar-refractivity contribution in [3.05, 3.63) is 0 Å². The van der Waals surface area contributed by atoms with Crippen molar-refractivity contribution in [1.29, 1.82) is 0 Å². The van der Waals surface area contributed by atoms with Gasteiger partial charge in [-0.15, -0.1) is 0 Å². The van der Waals surface area contributed by atoms with E-state index in [1.807, 2.05) is 0 Å². The lowest BCUT2D eigenvalue weighted by molar-refractivity contribution is -0.154. The molecule has 2 fully saturated rings. The average Bonchev–Trinajstić information content (AvgIpc) is 2.88. The van der Waals surface area contributed by atoms with Crippen LogP contribution >= 0.6 is 0 Å². The number of hydrogen-bond acceptors (Lipinski definition) is 3. The van der Waals surface area contributed by atoms with Crippen molar-refractivity contribution in [3.63, 3.8) is 0 Å². The first-order valence-corrected chi connectivity index (χ1v) is 7.35. The van der Waals surface area contributed by atoms with Gasteiger partial charge in [-0.2, -0.15) is 0 Å². The SMILES string of the molecule is CCCC1(C(=O)N2CCCC2C(=O)O)CCCNC1. The number of carboxylic acid groups (broad SMARTS) is 1. The molecule has 0 spiro atoms. The van der Waals surface area contributed by atoms with Crippen LogP contribution in [0.5, 0.6) is 0 Å². The van der Waals surface area contributed by atoms with E-state index in [1.165, 1.54) is 0 Å². The highest BCUT2D eigenvalue weighted by atomic mass is 16.4. The molecule has 5 heteroatoms. The van der Waals surface area contributed by atoms with Gasteiger partial charge in [0, 0.05) is 13.1 Å². The van der Waals surface area contributed by atoms with Gasteiger partial charge in [-0.05, 0) is 38.6 Å². The smallest absolute Gasteiger partial charge is 0.326 e. The predicted octanol–water partition coefficient (Wildman–Crippen LogP) is 1.23. The number of likely N-dealkylation sites (tertiary alicyclic amines) is 1. The molecule has 0 aromatic rings. The van der Waals surface area contributed by atoms with Crippen molar-refractivity contribution in [2.45, 2.75) is 51.5 Å². The first kappa shape index (κ1) is 14.3. The molecule has 0 aliphatic carbocycles. The zero-order chi connectivity index (χ0) is 13.9. The topological polar surface area (TPSA) is 69.6 Å². The minimum absolute atomic E-state index is 0.0615. The van der Waals surface area contributed by atoms with E-state index in [2.05, 4.69) is 12.2 Å². The molecule has 0 aromatic heterocycles. The van der Waals surface area contributed by atoms with Crippen molar-refractivity contribution < 1.29 is 14.7 Å².